The molecule has 2 saturated carbocycles. The molecule has 286 valence electrons. The molecular formula is C45H64O7. The van der Waals surface area contributed by atoms with Crippen molar-refractivity contribution in [1.82, 2.24) is 0 Å². The van der Waals surface area contributed by atoms with Gasteiger partial charge in [0.2, 0.25) is 0 Å². The first kappa shape index (κ1) is 41.3. The van der Waals surface area contributed by atoms with Crippen molar-refractivity contribution in [2.75, 3.05) is 33.0 Å². The zero-order valence-corrected chi connectivity index (χ0v) is 32.2. The number of esters is 2. The maximum atomic E-state index is 12.1. The number of hydrogen-bond acceptors (Lipinski definition) is 7. The number of aliphatic hydroxyl groups is 2. The van der Waals surface area contributed by atoms with Crippen molar-refractivity contribution in [3.8, 4) is 16.9 Å². The summed E-state index contributed by atoms with van der Waals surface area (Å²) in [6, 6.07) is 13.5. The topological polar surface area (TPSA) is 102 Å². The number of aliphatic hydroxyl groups excluding tert-OH is 2. The van der Waals surface area contributed by atoms with Crippen LogP contribution in [0.25, 0.3) is 11.1 Å². The highest BCUT2D eigenvalue weighted by Crippen LogP contribution is 2.43. The fourth-order valence-electron chi connectivity index (χ4n) is 8.03. The van der Waals surface area contributed by atoms with E-state index in [-0.39, 0.29) is 26.4 Å². The van der Waals surface area contributed by atoms with Gasteiger partial charge in [0.15, 0.2) is 0 Å². The molecule has 0 bridgehead atoms. The Morgan fingerprint density at radius 2 is 1.25 bits per heavy atom. The van der Waals surface area contributed by atoms with Crippen LogP contribution in [0.4, 0.5) is 0 Å². The molecule has 0 atom stereocenters. The van der Waals surface area contributed by atoms with Crippen molar-refractivity contribution in [3.63, 3.8) is 0 Å². The van der Waals surface area contributed by atoms with Crippen molar-refractivity contribution in [2.45, 2.75) is 123 Å². The second kappa shape index (κ2) is 20.7. The zero-order chi connectivity index (χ0) is 37.5. The Morgan fingerprint density at radius 1 is 0.731 bits per heavy atom. The van der Waals surface area contributed by atoms with Gasteiger partial charge in [0.1, 0.15) is 5.75 Å². The van der Waals surface area contributed by atoms with Gasteiger partial charge in [-0.2, -0.15) is 0 Å². The number of ether oxygens (including phenoxy) is 3. The van der Waals surface area contributed by atoms with Gasteiger partial charge in [-0.25, -0.2) is 9.59 Å². The molecule has 4 rings (SSSR count). The maximum Gasteiger partial charge on any atom is 0.333 e. The number of benzene rings is 2. The maximum absolute atomic E-state index is 12.1. The van der Waals surface area contributed by atoms with E-state index in [2.05, 4.69) is 49.6 Å². The average Bonchev–Trinajstić information content (AvgIpc) is 3.17. The van der Waals surface area contributed by atoms with Crippen molar-refractivity contribution >= 4 is 11.9 Å². The first-order chi connectivity index (χ1) is 25.1. The molecule has 7 heteroatoms. The molecule has 0 unspecified atom stereocenters. The van der Waals surface area contributed by atoms with Gasteiger partial charge >= 0.3 is 11.9 Å². The van der Waals surface area contributed by atoms with Crippen LogP contribution < -0.4 is 4.74 Å². The lowest BCUT2D eigenvalue weighted by Crippen LogP contribution is -2.31. The van der Waals surface area contributed by atoms with E-state index in [1.807, 2.05) is 6.92 Å². The van der Waals surface area contributed by atoms with Crippen LogP contribution >= 0.6 is 0 Å². The first-order valence-electron chi connectivity index (χ1n) is 19.9. The minimum atomic E-state index is -0.620. The summed E-state index contributed by atoms with van der Waals surface area (Å²) >= 11 is 0. The van der Waals surface area contributed by atoms with Crippen LogP contribution in [-0.2, 0) is 31.9 Å². The standard InChI is InChI=1S/C45H64O7/c1-6-45(30-46,31-47)24-27-50-42-39(14-10-25-51-43(48)32(2)3)28-41(29-40(42)15-11-26-52-44(49)33(4)5)38-22-20-37(21-23-38)36-18-16-35(17-19-36)34-12-8-7-9-13-34/h20-23,28-29,34-36,46-47H,2,4,6-19,24-27,30-31H2,1,3,5H3. The van der Waals surface area contributed by atoms with Crippen molar-refractivity contribution in [1.29, 1.82) is 0 Å². The molecule has 2 fully saturated rings. The highest BCUT2D eigenvalue weighted by atomic mass is 16.5. The highest BCUT2D eigenvalue weighted by Gasteiger charge is 2.29. The first-order valence-corrected chi connectivity index (χ1v) is 19.9. The van der Waals surface area contributed by atoms with E-state index < -0.39 is 17.4 Å². The van der Waals surface area contributed by atoms with E-state index in [1.54, 1.807) is 13.8 Å². The fourth-order valence-corrected chi connectivity index (χ4v) is 8.03. The lowest BCUT2D eigenvalue weighted by atomic mass is 9.70. The molecular weight excluding hydrogens is 652 g/mol. The lowest BCUT2D eigenvalue weighted by Gasteiger charge is -2.36. The second-order valence-corrected chi connectivity index (χ2v) is 15.6. The summed E-state index contributed by atoms with van der Waals surface area (Å²) in [4.78, 5) is 24.1. The molecule has 2 N–H and O–H groups in total. The minimum Gasteiger partial charge on any atom is -0.493 e. The fraction of sp³-hybridized carbons (Fsp3) is 0.600. The van der Waals surface area contributed by atoms with Crippen LogP contribution in [0.1, 0.15) is 127 Å². The van der Waals surface area contributed by atoms with Crippen LogP contribution in [0.5, 0.6) is 5.75 Å². The smallest absolute Gasteiger partial charge is 0.333 e. The highest BCUT2D eigenvalue weighted by molar-refractivity contribution is 5.87. The monoisotopic (exact) mass is 716 g/mol. The molecule has 52 heavy (non-hydrogen) atoms. The van der Waals surface area contributed by atoms with Crippen LogP contribution in [0.2, 0.25) is 0 Å². The number of rotatable bonds is 20. The number of aryl methyl sites for hydroxylation is 2. The predicted molar refractivity (Wildman–Crippen MR) is 208 cm³/mol. The summed E-state index contributed by atoms with van der Waals surface area (Å²) in [6.07, 6.45) is 15.9. The molecule has 0 saturated heterocycles. The van der Waals surface area contributed by atoms with E-state index in [9.17, 15) is 19.8 Å². The van der Waals surface area contributed by atoms with Gasteiger partial charge in [-0.15, -0.1) is 0 Å². The number of carbonyl (C=O) groups excluding carboxylic acids is 2. The third kappa shape index (κ3) is 11.8. The van der Waals surface area contributed by atoms with Crippen LogP contribution in [-0.4, -0.2) is 55.2 Å². The summed E-state index contributed by atoms with van der Waals surface area (Å²) in [5.74, 6) is 2.43. The lowest BCUT2D eigenvalue weighted by molar-refractivity contribution is -0.139. The molecule has 0 radical (unpaired) electrons. The molecule has 2 aliphatic carbocycles. The van der Waals surface area contributed by atoms with Gasteiger partial charge in [0.05, 0.1) is 33.0 Å². The Labute approximate surface area is 312 Å². The van der Waals surface area contributed by atoms with E-state index in [0.29, 0.717) is 62.2 Å². The third-order valence-corrected chi connectivity index (χ3v) is 11.7. The Bertz CT molecular complexity index is 1390. The molecule has 0 aromatic heterocycles. The summed E-state index contributed by atoms with van der Waals surface area (Å²) in [7, 11) is 0. The van der Waals surface area contributed by atoms with Gasteiger partial charge < -0.3 is 24.4 Å². The predicted octanol–water partition coefficient (Wildman–Crippen LogP) is 9.46. The van der Waals surface area contributed by atoms with Gasteiger partial charge in [0.25, 0.3) is 0 Å². The van der Waals surface area contributed by atoms with E-state index >= 15 is 0 Å². The van der Waals surface area contributed by atoms with Crippen molar-refractivity contribution in [3.05, 3.63) is 77.4 Å². The van der Waals surface area contributed by atoms with E-state index in [1.165, 1.54) is 63.4 Å². The Balaban J connectivity index is 1.57. The molecule has 0 heterocycles. The molecule has 2 aliphatic rings. The van der Waals surface area contributed by atoms with Gasteiger partial charge in [-0.1, -0.05) is 76.5 Å². The Hall–Kier alpha value is -3.42. The largest absolute Gasteiger partial charge is 0.493 e. The number of carbonyl (C=O) groups is 2. The van der Waals surface area contributed by atoms with Gasteiger partial charge in [0, 0.05) is 16.6 Å². The van der Waals surface area contributed by atoms with Crippen LogP contribution in [0.3, 0.4) is 0 Å². The summed E-state index contributed by atoms with van der Waals surface area (Å²) < 4.78 is 17.4. The average molecular weight is 717 g/mol. The second-order valence-electron chi connectivity index (χ2n) is 15.6. The van der Waals surface area contributed by atoms with Crippen LogP contribution in [0, 0.1) is 17.3 Å². The molecule has 0 aliphatic heterocycles. The van der Waals surface area contributed by atoms with Crippen molar-refractivity contribution in [2.24, 2.45) is 17.3 Å². The normalized spacial score (nSPS) is 18.1. The molecule has 2 aromatic carbocycles. The summed E-state index contributed by atoms with van der Waals surface area (Å²) in [6.45, 7) is 13.2. The van der Waals surface area contributed by atoms with E-state index in [0.717, 1.165) is 39.8 Å². The third-order valence-electron chi connectivity index (χ3n) is 11.7. The van der Waals surface area contributed by atoms with Crippen LogP contribution in [0.15, 0.2) is 60.7 Å². The summed E-state index contributed by atoms with van der Waals surface area (Å²) in [5, 5.41) is 20.1. The minimum absolute atomic E-state index is 0.123. The summed E-state index contributed by atoms with van der Waals surface area (Å²) in [5.41, 5.74) is 5.75. The molecule has 0 amide bonds. The quantitative estimate of drug-likeness (QED) is 0.0800. The van der Waals surface area contributed by atoms with Crippen molar-refractivity contribution < 1.29 is 34.0 Å². The Kier molecular flexibility index (Phi) is 16.5. The van der Waals surface area contributed by atoms with E-state index in [4.69, 9.17) is 14.2 Å². The molecule has 7 nitrogen and oxygen atoms in total. The zero-order valence-electron chi connectivity index (χ0n) is 32.2. The SMILES string of the molecule is C=C(C)C(=O)OCCCc1cc(-c2ccc(C3CCC(C4CCCCC4)CC3)cc2)cc(CCCOC(=O)C(=C)C)c1OCCC(CC)(CO)CO. The molecule has 2 aromatic rings. The Morgan fingerprint density at radius 3 is 1.73 bits per heavy atom. The van der Waals surface area contributed by atoms with Gasteiger partial charge in [-0.3, -0.25) is 0 Å². The number of hydrogen-bond donors (Lipinski definition) is 2. The molecule has 0 spiro atoms. The van der Waals surface area contributed by atoms with Gasteiger partial charge in [-0.05, 0) is 136 Å².